The molecule has 2 aromatic rings. The first kappa shape index (κ1) is 14.3. The van der Waals surface area contributed by atoms with Crippen molar-refractivity contribution in [3.05, 3.63) is 30.0 Å². The minimum absolute atomic E-state index is 0.0972. The predicted molar refractivity (Wildman–Crippen MR) is 74.2 cm³/mol. The summed E-state index contributed by atoms with van der Waals surface area (Å²) in [6.45, 7) is 1.32. The number of fused-ring (bicyclic) bond motifs is 1. The Morgan fingerprint density at radius 3 is 2.50 bits per heavy atom. The Balaban J connectivity index is 2.65. The molecule has 0 saturated heterocycles. The number of aromatic amines is 1. The van der Waals surface area contributed by atoms with Crippen molar-refractivity contribution in [3.8, 4) is 0 Å². The van der Waals surface area contributed by atoms with Crippen molar-refractivity contribution in [3.63, 3.8) is 0 Å². The Kier molecular flexibility index (Phi) is 3.63. The van der Waals surface area contributed by atoms with Crippen molar-refractivity contribution in [2.75, 3.05) is 5.75 Å². The van der Waals surface area contributed by atoms with E-state index in [0.29, 0.717) is 10.9 Å². The van der Waals surface area contributed by atoms with E-state index in [9.17, 15) is 18.0 Å². The molecular weight excluding hydrogens is 280 g/mol. The zero-order chi connectivity index (χ0) is 14.9. The lowest BCUT2D eigenvalue weighted by Gasteiger charge is -2.04. The summed E-state index contributed by atoms with van der Waals surface area (Å²) in [6.07, 6.45) is -0.0972. The van der Waals surface area contributed by atoms with Gasteiger partial charge in [0, 0.05) is 17.3 Å². The smallest absolute Gasteiger partial charge is 0.266 e. The van der Waals surface area contributed by atoms with Gasteiger partial charge < -0.3 is 10.7 Å². The van der Waals surface area contributed by atoms with Gasteiger partial charge in [-0.2, -0.15) is 0 Å². The number of carbonyl (C=O) groups is 2. The van der Waals surface area contributed by atoms with Gasteiger partial charge in [0.05, 0.1) is 5.75 Å². The van der Waals surface area contributed by atoms with E-state index in [0.717, 1.165) is 0 Å². The van der Waals surface area contributed by atoms with Gasteiger partial charge in [-0.05, 0) is 13.0 Å². The average molecular weight is 294 g/mol. The number of hydrogen-bond acceptors (Lipinski definition) is 4. The maximum atomic E-state index is 12.4. The van der Waals surface area contributed by atoms with E-state index < -0.39 is 15.7 Å². The van der Waals surface area contributed by atoms with E-state index >= 15 is 0 Å². The monoisotopic (exact) mass is 294 g/mol. The molecule has 0 aliphatic rings. The van der Waals surface area contributed by atoms with Crippen LogP contribution in [0.2, 0.25) is 0 Å². The fourth-order valence-electron chi connectivity index (χ4n) is 1.99. The van der Waals surface area contributed by atoms with Gasteiger partial charge in [0.25, 0.3) is 5.91 Å². The number of amides is 1. The zero-order valence-corrected chi connectivity index (χ0v) is 11.7. The van der Waals surface area contributed by atoms with Crippen LogP contribution in [0.3, 0.4) is 0 Å². The highest BCUT2D eigenvalue weighted by molar-refractivity contribution is 7.91. The molecule has 0 aliphatic heterocycles. The first-order valence-corrected chi connectivity index (χ1v) is 7.61. The molecule has 2 rings (SSSR count). The zero-order valence-electron chi connectivity index (χ0n) is 10.8. The molecule has 106 valence electrons. The highest BCUT2D eigenvalue weighted by Gasteiger charge is 2.26. The fourth-order valence-corrected chi connectivity index (χ4v) is 3.73. The first-order valence-electron chi connectivity index (χ1n) is 5.95. The summed E-state index contributed by atoms with van der Waals surface area (Å²) < 4.78 is 24.7. The summed E-state index contributed by atoms with van der Waals surface area (Å²) in [5, 5.41) is 0.407. The number of aromatic nitrogens is 1. The lowest BCUT2D eigenvalue weighted by atomic mass is 10.2. The van der Waals surface area contributed by atoms with Crippen LogP contribution in [-0.4, -0.2) is 30.8 Å². The normalized spacial score (nSPS) is 11.7. The number of benzene rings is 1. The molecule has 1 aromatic heterocycles. The predicted octanol–water partition coefficient (Wildman–Crippen LogP) is 1.02. The molecule has 0 fully saturated rings. The van der Waals surface area contributed by atoms with Gasteiger partial charge in [-0.1, -0.05) is 18.2 Å². The Hall–Kier alpha value is -2.15. The van der Waals surface area contributed by atoms with E-state index in [2.05, 4.69) is 4.98 Å². The lowest BCUT2D eigenvalue weighted by molar-refractivity contribution is -0.116. The third-order valence-corrected chi connectivity index (χ3v) is 4.73. The molecule has 0 atom stereocenters. The number of ketones is 1. The summed E-state index contributed by atoms with van der Waals surface area (Å²) in [5.41, 5.74) is 5.60. The summed E-state index contributed by atoms with van der Waals surface area (Å²) in [6, 6.07) is 6.64. The molecular formula is C13H14N2O4S. The van der Waals surface area contributed by atoms with Gasteiger partial charge in [0.1, 0.15) is 16.4 Å². The molecule has 0 unspecified atom stereocenters. The van der Waals surface area contributed by atoms with E-state index in [4.69, 9.17) is 5.73 Å². The summed E-state index contributed by atoms with van der Waals surface area (Å²) in [4.78, 5) is 25.0. The Bertz CT molecular complexity index is 790. The van der Waals surface area contributed by atoms with Crippen molar-refractivity contribution < 1.29 is 18.0 Å². The first-order chi connectivity index (χ1) is 9.33. The number of primary amides is 1. The van der Waals surface area contributed by atoms with E-state index in [1.807, 2.05) is 0 Å². The van der Waals surface area contributed by atoms with Crippen LogP contribution >= 0.6 is 0 Å². The van der Waals surface area contributed by atoms with Crippen LogP contribution in [0.15, 0.2) is 29.2 Å². The Morgan fingerprint density at radius 2 is 1.90 bits per heavy atom. The third-order valence-electron chi connectivity index (χ3n) is 2.94. The second kappa shape index (κ2) is 5.09. The third kappa shape index (κ3) is 2.57. The van der Waals surface area contributed by atoms with Gasteiger partial charge >= 0.3 is 0 Å². The van der Waals surface area contributed by atoms with Crippen LogP contribution in [0.1, 0.15) is 23.8 Å². The number of sulfone groups is 1. The summed E-state index contributed by atoms with van der Waals surface area (Å²) >= 11 is 0. The largest absolute Gasteiger partial charge is 0.364 e. The molecule has 7 heteroatoms. The molecule has 3 N–H and O–H groups in total. The Labute approximate surface area is 115 Å². The van der Waals surface area contributed by atoms with Crippen LogP contribution in [-0.2, 0) is 14.6 Å². The van der Waals surface area contributed by atoms with Crippen molar-refractivity contribution in [1.82, 2.24) is 4.98 Å². The van der Waals surface area contributed by atoms with Crippen LogP contribution in [0.5, 0.6) is 0 Å². The number of Topliss-reactive ketones (excluding diaryl/α,β-unsaturated/α-hetero) is 1. The SMILES string of the molecule is CC(=O)CCS(=O)(=O)c1c(C(N)=O)[nH]c2ccccc12. The minimum atomic E-state index is -3.77. The van der Waals surface area contributed by atoms with Gasteiger partial charge in [-0.3, -0.25) is 9.59 Å². The quantitative estimate of drug-likeness (QED) is 0.857. The number of nitrogens with one attached hydrogen (secondary N) is 1. The number of para-hydroxylation sites is 1. The number of H-pyrrole nitrogens is 1. The van der Waals surface area contributed by atoms with E-state index in [1.165, 1.54) is 6.92 Å². The van der Waals surface area contributed by atoms with Crippen molar-refractivity contribution in [2.45, 2.75) is 18.2 Å². The highest BCUT2D eigenvalue weighted by atomic mass is 32.2. The number of carbonyl (C=O) groups excluding carboxylic acids is 2. The highest BCUT2D eigenvalue weighted by Crippen LogP contribution is 2.28. The van der Waals surface area contributed by atoms with Crippen LogP contribution in [0.25, 0.3) is 10.9 Å². The molecule has 1 heterocycles. The van der Waals surface area contributed by atoms with Gasteiger partial charge in [0.2, 0.25) is 0 Å². The second-order valence-corrected chi connectivity index (χ2v) is 6.56. The van der Waals surface area contributed by atoms with E-state index in [1.54, 1.807) is 24.3 Å². The molecule has 0 aliphatic carbocycles. The molecule has 1 aromatic carbocycles. The average Bonchev–Trinajstić information content (AvgIpc) is 2.76. The summed E-state index contributed by atoms with van der Waals surface area (Å²) in [5.74, 6) is -1.42. The van der Waals surface area contributed by atoms with Crippen molar-refractivity contribution in [2.24, 2.45) is 5.73 Å². The van der Waals surface area contributed by atoms with E-state index in [-0.39, 0.29) is 28.5 Å². The van der Waals surface area contributed by atoms with Gasteiger partial charge in [0.15, 0.2) is 9.84 Å². The van der Waals surface area contributed by atoms with Crippen molar-refractivity contribution >= 4 is 32.4 Å². The maximum Gasteiger partial charge on any atom is 0.266 e. The molecule has 0 radical (unpaired) electrons. The second-order valence-electron chi connectivity index (χ2n) is 4.51. The lowest BCUT2D eigenvalue weighted by Crippen LogP contribution is -2.18. The molecule has 0 spiro atoms. The van der Waals surface area contributed by atoms with Gasteiger partial charge in [-0.15, -0.1) is 0 Å². The number of rotatable bonds is 5. The standard InChI is InChI=1S/C13H14N2O4S/c1-8(16)6-7-20(18,19)12-9-4-2-3-5-10(9)15-11(12)13(14)17/h2-5,15H,6-7H2,1H3,(H2,14,17). The van der Waals surface area contributed by atoms with Crippen LogP contribution in [0, 0.1) is 0 Å². The number of nitrogens with two attached hydrogens (primary N) is 1. The maximum absolute atomic E-state index is 12.4. The fraction of sp³-hybridized carbons (Fsp3) is 0.231. The molecule has 20 heavy (non-hydrogen) atoms. The molecule has 0 saturated carbocycles. The number of hydrogen-bond donors (Lipinski definition) is 2. The Morgan fingerprint density at radius 1 is 1.25 bits per heavy atom. The molecule has 1 amide bonds. The molecule has 6 nitrogen and oxygen atoms in total. The topological polar surface area (TPSA) is 110 Å². The minimum Gasteiger partial charge on any atom is -0.364 e. The van der Waals surface area contributed by atoms with Crippen LogP contribution in [0.4, 0.5) is 0 Å². The molecule has 0 bridgehead atoms. The van der Waals surface area contributed by atoms with Gasteiger partial charge in [-0.25, -0.2) is 8.42 Å². The van der Waals surface area contributed by atoms with Crippen LogP contribution < -0.4 is 5.73 Å². The summed E-state index contributed by atoms with van der Waals surface area (Å²) in [7, 11) is -3.77. The van der Waals surface area contributed by atoms with Crippen molar-refractivity contribution in [1.29, 1.82) is 0 Å².